The molecule has 39 heavy (non-hydrogen) atoms. The number of hydrogen-bond acceptors (Lipinski definition) is 5. The van der Waals surface area contributed by atoms with Crippen LogP contribution in [0.4, 0.5) is 5.69 Å². The van der Waals surface area contributed by atoms with Crippen molar-refractivity contribution in [1.29, 1.82) is 0 Å². The Hall–Kier alpha value is -3.56. The fraction of sp³-hybridized carbons (Fsp3) is 0.310. The predicted octanol–water partition coefficient (Wildman–Crippen LogP) is 4.88. The maximum absolute atomic E-state index is 14.0. The molecule has 1 atom stereocenters. The maximum Gasteiger partial charge on any atom is 0.264 e. The summed E-state index contributed by atoms with van der Waals surface area (Å²) in [4.78, 5) is 28.5. The van der Waals surface area contributed by atoms with Crippen molar-refractivity contribution in [3.63, 3.8) is 0 Å². The van der Waals surface area contributed by atoms with E-state index in [-0.39, 0.29) is 23.0 Å². The number of nitrogens with zero attached hydrogens (tertiary/aromatic N) is 2. The van der Waals surface area contributed by atoms with Gasteiger partial charge in [-0.15, -0.1) is 0 Å². The lowest BCUT2D eigenvalue weighted by Gasteiger charge is -2.33. The number of rotatable bonds is 13. The molecule has 208 valence electrons. The summed E-state index contributed by atoms with van der Waals surface area (Å²) in [6, 6.07) is 20.7. The monoisotopic (exact) mass is 571 g/mol. The van der Waals surface area contributed by atoms with Crippen LogP contribution in [0.2, 0.25) is 5.02 Å². The second kappa shape index (κ2) is 14.0. The first-order valence-electron chi connectivity index (χ1n) is 12.8. The number of carbonyl (C=O) groups is 2. The van der Waals surface area contributed by atoms with Gasteiger partial charge < -0.3 is 15.0 Å². The van der Waals surface area contributed by atoms with Gasteiger partial charge in [0, 0.05) is 18.1 Å². The minimum atomic E-state index is -4.18. The molecule has 2 amide bonds. The average Bonchev–Trinajstić information content (AvgIpc) is 2.94. The van der Waals surface area contributed by atoms with Gasteiger partial charge in [-0.25, -0.2) is 8.42 Å². The normalized spacial score (nSPS) is 11.9. The maximum atomic E-state index is 14.0. The molecule has 0 aliphatic carbocycles. The quantitative estimate of drug-likeness (QED) is 0.315. The molecule has 0 saturated carbocycles. The van der Waals surface area contributed by atoms with E-state index in [1.807, 2.05) is 6.92 Å². The SMILES string of the molecule is CCNC(=O)[C@@H](CC)N(Cc1ccc(Cl)cc1)C(=O)CN(c1ccccc1OCC)S(=O)(=O)c1ccccc1. The number of anilines is 1. The molecule has 0 aliphatic heterocycles. The standard InChI is InChI=1S/C29H34ClN3O5S/c1-4-25(29(35)31-5-2)32(20-22-16-18-23(30)19-17-22)28(34)21-33(26-14-10-11-15-27(26)38-6-3)39(36,37)24-12-8-7-9-13-24/h7-19,25H,4-6,20-21H2,1-3H3,(H,31,35)/t25-/m1/s1. The lowest BCUT2D eigenvalue weighted by atomic mass is 10.1. The number of benzene rings is 3. The summed E-state index contributed by atoms with van der Waals surface area (Å²) in [5.74, 6) is -0.518. The van der Waals surface area contributed by atoms with Crippen LogP contribution in [0.3, 0.4) is 0 Å². The van der Waals surface area contributed by atoms with Crippen molar-refractivity contribution in [1.82, 2.24) is 10.2 Å². The summed E-state index contributed by atoms with van der Waals surface area (Å²) in [5, 5.41) is 3.33. The highest BCUT2D eigenvalue weighted by atomic mass is 35.5. The summed E-state index contributed by atoms with van der Waals surface area (Å²) >= 11 is 6.05. The van der Waals surface area contributed by atoms with E-state index in [2.05, 4.69) is 5.32 Å². The van der Waals surface area contributed by atoms with E-state index in [9.17, 15) is 18.0 Å². The van der Waals surface area contributed by atoms with Crippen molar-refractivity contribution in [3.8, 4) is 5.75 Å². The molecule has 3 aromatic carbocycles. The van der Waals surface area contributed by atoms with E-state index in [4.69, 9.17) is 16.3 Å². The molecular formula is C29H34ClN3O5S. The third-order valence-electron chi connectivity index (χ3n) is 6.05. The van der Waals surface area contributed by atoms with Gasteiger partial charge in [-0.1, -0.05) is 61.0 Å². The highest BCUT2D eigenvalue weighted by Gasteiger charge is 2.34. The van der Waals surface area contributed by atoms with Gasteiger partial charge >= 0.3 is 0 Å². The summed E-state index contributed by atoms with van der Waals surface area (Å²) in [6.07, 6.45) is 0.339. The van der Waals surface area contributed by atoms with Crippen molar-refractivity contribution in [2.45, 2.75) is 44.7 Å². The van der Waals surface area contributed by atoms with Gasteiger partial charge in [0.15, 0.2) is 0 Å². The van der Waals surface area contributed by atoms with Crippen LogP contribution in [0, 0.1) is 0 Å². The Morgan fingerprint density at radius 2 is 1.56 bits per heavy atom. The molecule has 8 nitrogen and oxygen atoms in total. The Kier molecular flexibility index (Phi) is 10.8. The fourth-order valence-corrected chi connectivity index (χ4v) is 5.74. The van der Waals surface area contributed by atoms with E-state index in [1.54, 1.807) is 80.6 Å². The molecule has 0 aromatic heterocycles. The zero-order valence-corrected chi connectivity index (χ0v) is 23.9. The van der Waals surface area contributed by atoms with Crippen LogP contribution < -0.4 is 14.4 Å². The number of para-hydroxylation sites is 2. The van der Waals surface area contributed by atoms with Gasteiger partial charge in [0.25, 0.3) is 10.0 Å². The first kappa shape index (κ1) is 30.0. The molecule has 0 heterocycles. The number of carbonyl (C=O) groups excluding carboxylic acids is 2. The minimum absolute atomic E-state index is 0.0316. The Bertz CT molecular complexity index is 1350. The van der Waals surface area contributed by atoms with Gasteiger partial charge in [0.2, 0.25) is 11.8 Å². The predicted molar refractivity (Wildman–Crippen MR) is 153 cm³/mol. The van der Waals surface area contributed by atoms with Crippen LogP contribution in [0.5, 0.6) is 5.75 Å². The number of halogens is 1. The molecule has 0 bridgehead atoms. The molecule has 3 aromatic rings. The van der Waals surface area contributed by atoms with Gasteiger partial charge in [-0.2, -0.15) is 0 Å². The number of hydrogen-bond donors (Lipinski definition) is 1. The summed E-state index contributed by atoms with van der Waals surface area (Å²) in [7, 11) is -4.18. The van der Waals surface area contributed by atoms with Crippen molar-refractivity contribution in [2.24, 2.45) is 0 Å². The van der Waals surface area contributed by atoms with Gasteiger partial charge in [0.1, 0.15) is 18.3 Å². The van der Waals surface area contributed by atoms with E-state index >= 15 is 0 Å². The van der Waals surface area contributed by atoms with E-state index in [0.29, 0.717) is 30.3 Å². The largest absolute Gasteiger partial charge is 0.492 e. The Morgan fingerprint density at radius 1 is 0.923 bits per heavy atom. The lowest BCUT2D eigenvalue weighted by Crippen LogP contribution is -2.52. The van der Waals surface area contributed by atoms with Crippen LogP contribution in [-0.4, -0.2) is 50.9 Å². The zero-order valence-electron chi connectivity index (χ0n) is 22.3. The van der Waals surface area contributed by atoms with Crippen LogP contribution in [-0.2, 0) is 26.2 Å². The molecule has 10 heteroatoms. The number of likely N-dealkylation sites (N-methyl/N-ethyl adjacent to an activating group) is 1. The second-order valence-corrected chi connectivity index (χ2v) is 11.0. The molecule has 0 spiro atoms. The Balaban J connectivity index is 2.09. The summed E-state index contributed by atoms with van der Waals surface area (Å²) in [5.41, 5.74) is 0.983. The highest BCUT2D eigenvalue weighted by molar-refractivity contribution is 7.92. The molecule has 0 aliphatic rings. The van der Waals surface area contributed by atoms with Crippen molar-refractivity contribution < 1.29 is 22.7 Å². The van der Waals surface area contributed by atoms with Crippen molar-refractivity contribution in [3.05, 3.63) is 89.4 Å². The molecule has 3 rings (SSSR count). The third kappa shape index (κ3) is 7.52. The topological polar surface area (TPSA) is 96.0 Å². The van der Waals surface area contributed by atoms with Crippen molar-refractivity contribution in [2.75, 3.05) is 24.0 Å². The summed E-state index contributed by atoms with van der Waals surface area (Å²) in [6.45, 7) is 5.67. The van der Waals surface area contributed by atoms with Crippen LogP contribution in [0.1, 0.15) is 32.8 Å². The smallest absolute Gasteiger partial charge is 0.264 e. The number of ether oxygens (including phenoxy) is 1. The van der Waals surface area contributed by atoms with Crippen molar-refractivity contribution >= 4 is 39.1 Å². The van der Waals surface area contributed by atoms with E-state index in [0.717, 1.165) is 9.87 Å². The number of amides is 2. The molecule has 0 fully saturated rings. The highest BCUT2D eigenvalue weighted by Crippen LogP contribution is 2.33. The van der Waals surface area contributed by atoms with E-state index in [1.165, 1.54) is 17.0 Å². The average molecular weight is 572 g/mol. The molecule has 0 saturated heterocycles. The number of sulfonamides is 1. The lowest BCUT2D eigenvalue weighted by molar-refractivity contribution is -0.140. The Morgan fingerprint density at radius 3 is 2.18 bits per heavy atom. The van der Waals surface area contributed by atoms with E-state index < -0.39 is 28.5 Å². The first-order valence-corrected chi connectivity index (χ1v) is 14.7. The molecule has 0 radical (unpaired) electrons. The first-order chi connectivity index (χ1) is 18.7. The van der Waals surface area contributed by atoms with Gasteiger partial charge in [-0.3, -0.25) is 13.9 Å². The Labute approximate surface area is 235 Å². The number of nitrogens with one attached hydrogen (secondary N) is 1. The van der Waals surface area contributed by atoms with Gasteiger partial charge in [-0.05, 0) is 62.2 Å². The zero-order chi connectivity index (χ0) is 28.4. The molecule has 1 N–H and O–H groups in total. The fourth-order valence-electron chi connectivity index (χ4n) is 4.17. The third-order valence-corrected chi connectivity index (χ3v) is 8.07. The second-order valence-electron chi connectivity index (χ2n) is 8.69. The van der Waals surface area contributed by atoms with Crippen LogP contribution in [0.25, 0.3) is 0 Å². The van der Waals surface area contributed by atoms with Gasteiger partial charge in [0.05, 0.1) is 17.2 Å². The van der Waals surface area contributed by atoms with Crippen LogP contribution in [0.15, 0.2) is 83.8 Å². The molecule has 0 unspecified atom stereocenters. The minimum Gasteiger partial charge on any atom is -0.492 e. The van der Waals surface area contributed by atoms with Crippen LogP contribution >= 0.6 is 11.6 Å². The summed E-state index contributed by atoms with van der Waals surface area (Å²) < 4.78 is 34.6. The molecular weight excluding hydrogens is 538 g/mol.